The molecule has 2 rings (SSSR count). The number of aromatic nitrogens is 2. The fraction of sp³-hybridized carbons (Fsp3) is 0.750. The minimum Gasteiger partial charge on any atom is -0.336 e. The van der Waals surface area contributed by atoms with Crippen LogP contribution >= 0.6 is 0 Å². The van der Waals surface area contributed by atoms with Gasteiger partial charge in [-0.05, 0) is 18.3 Å². The predicted octanol–water partition coefficient (Wildman–Crippen LogP) is 2.05. The van der Waals surface area contributed by atoms with E-state index >= 15 is 0 Å². The van der Waals surface area contributed by atoms with Gasteiger partial charge in [0.15, 0.2) is 0 Å². The molecule has 0 amide bonds. The van der Waals surface area contributed by atoms with E-state index in [4.69, 9.17) is 0 Å². The first-order chi connectivity index (χ1) is 7.18. The van der Waals surface area contributed by atoms with E-state index in [-0.39, 0.29) is 0 Å². The van der Waals surface area contributed by atoms with Crippen molar-refractivity contribution in [1.29, 1.82) is 0 Å². The van der Waals surface area contributed by atoms with Gasteiger partial charge in [0.25, 0.3) is 0 Å². The van der Waals surface area contributed by atoms with E-state index in [2.05, 4.69) is 28.7 Å². The van der Waals surface area contributed by atoms with Crippen molar-refractivity contribution in [3.8, 4) is 0 Å². The van der Waals surface area contributed by atoms with Crippen LogP contribution in [0.1, 0.15) is 33.1 Å². The second-order valence-electron chi connectivity index (χ2n) is 5.19. The molecule has 1 atom stereocenters. The van der Waals surface area contributed by atoms with Crippen LogP contribution in [0, 0.1) is 5.41 Å². The lowest BCUT2D eigenvalue weighted by Gasteiger charge is -2.28. The fourth-order valence-corrected chi connectivity index (χ4v) is 2.49. The normalized spacial score (nSPS) is 24.5. The highest BCUT2D eigenvalue weighted by atomic mass is 15.1. The van der Waals surface area contributed by atoms with Gasteiger partial charge in [0, 0.05) is 31.5 Å². The Morgan fingerprint density at radius 3 is 3.00 bits per heavy atom. The van der Waals surface area contributed by atoms with E-state index in [9.17, 15) is 0 Å². The maximum absolute atomic E-state index is 4.04. The van der Waals surface area contributed by atoms with Crippen molar-refractivity contribution < 1.29 is 0 Å². The van der Waals surface area contributed by atoms with E-state index in [0.29, 0.717) is 11.5 Å². The summed E-state index contributed by atoms with van der Waals surface area (Å²) < 4.78 is 2.12. The first-order valence-electron chi connectivity index (χ1n) is 5.88. The minimum atomic E-state index is 0.481. The molecule has 0 aliphatic heterocycles. The van der Waals surface area contributed by atoms with Crippen molar-refractivity contribution in [1.82, 2.24) is 14.9 Å². The minimum absolute atomic E-state index is 0.481. The largest absolute Gasteiger partial charge is 0.336 e. The van der Waals surface area contributed by atoms with E-state index in [1.54, 1.807) is 0 Å². The van der Waals surface area contributed by atoms with E-state index in [1.165, 1.54) is 19.3 Å². The third kappa shape index (κ3) is 2.59. The Kier molecular flexibility index (Phi) is 3.10. The highest BCUT2D eigenvalue weighted by molar-refractivity contribution is 4.90. The lowest BCUT2D eigenvalue weighted by Crippen LogP contribution is -2.39. The van der Waals surface area contributed by atoms with Crippen LogP contribution in [0.15, 0.2) is 18.7 Å². The second kappa shape index (κ2) is 4.35. The summed E-state index contributed by atoms with van der Waals surface area (Å²) >= 11 is 0. The molecule has 1 aliphatic rings. The molecule has 3 nitrogen and oxygen atoms in total. The number of imidazole rings is 1. The summed E-state index contributed by atoms with van der Waals surface area (Å²) in [7, 11) is 0. The third-order valence-corrected chi connectivity index (χ3v) is 3.58. The van der Waals surface area contributed by atoms with E-state index < -0.39 is 0 Å². The van der Waals surface area contributed by atoms with Crippen molar-refractivity contribution in [3.05, 3.63) is 18.7 Å². The number of hydrogen-bond acceptors (Lipinski definition) is 2. The molecular weight excluding hydrogens is 186 g/mol. The van der Waals surface area contributed by atoms with E-state index in [1.807, 2.05) is 18.7 Å². The van der Waals surface area contributed by atoms with Gasteiger partial charge in [-0.15, -0.1) is 0 Å². The molecule has 1 aromatic heterocycles. The lowest BCUT2D eigenvalue weighted by molar-refractivity contribution is 0.281. The Morgan fingerprint density at radius 2 is 2.40 bits per heavy atom. The highest BCUT2D eigenvalue weighted by Gasteiger charge is 2.33. The topological polar surface area (TPSA) is 29.9 Å². The lowest BCUT2D eigenvalue weighted by atomic mass is 9.87. The zero-order valence-electron chi connectivity index (χ0n) is 9.74. The van der Waals surface area contributed by atoms with Gasteiger partial charge in [-0.25, -0.2) is 4.98 Å². The van der Waals surface area contributed by atoms with Crippen LogP contribution < -0.4 is 5.32 Å². The number of hydrogen-bond donors (Lipinski definition) is 1. The van der Waals surface area contributed by atoms with Gasteiger partial charge in [-0.3, -0.25) is 0 Å². The zero-order chi connectivity index (χ0) is 10.7. The number of nitrogens with zero attached hydrogens (tertiary/aromatic N) is 2. The summed E-state index contributed by atoms with van der Waals surface area (Å²) in [6.07, 6.45) is 9.78. The summed E-state index contributed by atoms with van der Waals surface area (Å²) in [5.74, 6) is 0. The van der Waals surface area contributed by atoms with Gasteiger partial charge in [-0.1, -0.05) is 20.3 Å². The molecule has 1 fully saturated rings. The van der Waals surface area contributed by atoms with Crippen LogP contribution in [-0.4, -0.2) is 22.1 Å². The van der Waals surface area contributed by atoms with Crippen LogP contribution in [0.5, 0.6) is 0 Å². The maximum Gasteiger partial charge on any atom is 0.0946 e. The van der Waals surface area contributed by atoms with Gasteiger partial charge in [-0.2, -0.15) is 0 Å². The Balaban J connectivity index is 1.74. The van der Waals surface area contributed by atoms with Crippen molar-refractivity contribution in [3.63, 3.8) is 0 Å². The van der Waals surface area contributed by atoms with Crippen molar-refractivity contribution in [2.75, 3.05) is 6.54 Å². The van der Waals surface area contributed by atoms with Gasteiger partial charge in [0.2, 0.25) is 0 Å². The van der Waals surface area contributed by atoms with Crippen LogP contribution in [0.3, 0.4) is 0 Å². The molecule has 0 saturated heterocycles. The average molecular weight is 207 g/mol. The fourth-order valence-electron chi connectivity index (χ4n) is 2.49. The molecule has 0 spiro atoms. The standard InChI is InChI=1S/C12H21N3/c1-12(2)5-3-4-11(12)14-7-9-15-8-6-13-10-15/h6,8,10-11,14H,3-5,7,9H2,1-2H3. The summed E-state index contributed by atoms with van der Waals surface area (Å²) in [6.45, 7) is 6.81. The highest BCUT2D eigenvalue weighted by Crippen LogP contribution is 2.36. The Morgan fingerprint density at radius 1 is 1.53 bits per heavy atom. The molecule has 1 unspecified atom stereocenters. The molecule has 3 heteroatoms. The summed E-state index contributed by atoms with van der Waals surface area (Å²) in [5, 5.41) is 3.66. The zero-order valence-corrected chi connectivity index (χ0v) is 9.74. The SMILES string of the molecule is CC1(C)CCCC1NCCn1ccnc1. The molecular formula is C12H21N3. The van der Waals surface area contributed by atoms with Gasteiger partial charge >= 0.3 is 0 Å². The monoisotopic (exact) mass is 207 g/mol. The number of nitrogens with one attached hydrogen (secondary N) is 1. The molecule has 1 saturated carbocycles. The molecule has 0 radical (unpaired) electrons. The maximum atomic E-state index is 4.04. The van der Waals surface area contributed by atoms with Gasteiger partial charge in [0.05, 0.1) is 6.33 Å². The predicted molar refractivity (Wildman–Crippen MR) is 61.6 cm³/mol. The third-order valence-electron chi connectivity index (χ3n) is 3.58. The Labute approximate surface area is 91.9 Å². The van der Waals surface area contributed by atoms with Crippen LogP contribution in [-0.2, 0) is 6.54 Å². The summed E-state index contributed by atoms with van der Waals surface area (Å²) in [5.41, 5.74) is 0.481. The quantitative estimate of drug-likeness (QED) is 0.819. The second-order valence-corrected chi connectivity index (χ2v) is 5.19. The van der Waals surface area contributed by atoms with Crippen LogP contribution in [0.4, 0.5) is 0 Å². The van der Waals surface area contributed by atoms with Crippen molar-refractivity contribution in [2.45, 2.75) is 45.7 Å². The van der Waals surface area contributed by atoms with Gasteiger partial charge in [0.1, 0.15) is 0 Å². The average Bonchev–Trinajstić information content (AvgIpc) is 2.77. The van der Waals surface area contributed by atoms with Gasteiger partial charge < -0.3 is 9.88 Å². The molecule has 0 aromatic carbocycles. The van der Waals surface area contributed by atoms with Crippen molar-refractivity contribution in [2.24, 2.45) is 5.41 Å². The smallest absolute Gasteiger partial charge is 0.0946 e. The van der Waals surface area contributed by atoms with Crippen LogP contribution in [0.2, 0.25) is 0 Å². The molecule has 0 bridgehead atoms. The van der Waals surface area contributed by atoms with Crippen LogP contribution in [0.25, 0.3) is 0 Å². The summed E-state index contributed by atoms with van der Waals surface area (Å²) in [4.78, 5) is 4.04. The van der Waals surface area contributed by atoms with Crippen molar-refractivity contribution >= 4 is 0 Å². The molecule has 1 aliphatic carbocycles. The molecule has 1 N–H and O–H groups in total. The molecule has 1 heterocycles. The first kappa shape index (κ1) is 10.7. The number of rotatable bonds is 4. The Bertz CT molecular complexity index is 290. The van der Waals surface area contributed by atoms with E-state index in [0.717, 1.165) is 13.1 Å². The molecule has 84 valence electrons. The first-order valence-corrected chi connectivity index (χ1v) is 5.88. The molecule has 15 heavy (non-hydrogen) atoms. The Hall–Kier alpha value is -0.830. The molecule has 1 aromatic rings. The summed E-state index contributed by atoms with van der Waals surface area (Å²) in [6, 6.07) is 0.695.